The summed E-state index contributed by atoms with van der Waals surface area (Å²) in [5.74, 6) is 1.35. The molecule has 8 heteroatoms. The van der Waals surface area contributed by atoms with Gasteiger partial charge < -0.3 is 19.5 Å². The highest BCUT2D eigenvalue weighted by molar-refractivity contribution is 6.28. The molecule has 7 nitrogen and oxygen atoms in total. The zero-order valence-corrected chi connectivity index (χ0v) is 12.1. The fourth-order valence-corrected chi connectivity index (χ4v) is 1.99. The quantitative estimate of drug-likeness (QED) is 0.680. The van der Waals surface area contributed by atoms with E-state index in [-0.39, 0.29) is 5.28 Å². The van der Waals surface area contributed by atoms with Crippen molar-refractivity contribution in [3.8, 4) is 6.01 Å². The van der Waals surface area contributed by atoms with Gasteiger partial charge in [-0.3, -0.25) is 0 Å². The number of rotatable bonds is 6. The van der Waals surface area contributed by atoms with Crippen molar-refractivity contribution in [3.63, 3.8) is 0 Å². The van der Waals surface area contributed by atoms with Crippen molar-refractivity contribution in [2.75, 3.05) is 11.9 Å². The molecule has 110 valence electrons. The summed E-state index contributed by atoms with van der Waals surface area (Å²) in [6, 6.07) is 4.10. The molecule has 0 fully saturated rings. The van der Waals surface area contributed by atoms with E-state index in [1.807, 2.05) is 19.1 Å². The first-order valence-electron chi connectivity index (χ1n) is 6.58. The molecule has 3 rings (SSSR count). The number of anilines is 1. The van der Waals surface area contributed by atoms with E-state index in [4.69, 9.17) is 20.8 Å². The van der Waals surface area contributed by atoms with Gasteiger partial charge in [-0.15, -0.1) is 0 Å². The number of nitrogens with zero attached hydrogens (tertiary/aromatic N) is 3. The Morgan fingerprint density at radius 3 is 3.05 bits per heavy atom. The summed E-state index contributed by atoms with van der Waals surface area (Å²) in [5.41, 5.74) is 1.11. The molecular formula is C13H14ClN5O2. The summed E-state index contributed by atoms with van der Waals surface area (Å²) < 4.78 is 10.7. The Bertz CT molecular complexity index is 726. The molecule has 3 aromatic rings. The molecule has 0 aliphatic rings. The number of fused-ring (bicyclic) bond motifs is 1. The molecule has 0 aliphatic carbocycles. The van der Waals surface area contributed by atoms with E-state index in [0.717, 1.165) is 12.2 Å². The summed E-state index contributed by atoms with van der Waals surface area (Å²) in [6.45, 7) is 3.09. The average Bonchev–Trinajstić information content (AvgIpc) is 3.11. The molecule has 0 bridgehead atoms. The number of ether oxygens (including phenoxy) is 1. The molecule has 0 spiro atoms. The SMILES string of the molecule is CCCOc1nc2nc(Cl)nc(NCc3ccco3)c2[nH]1. The summed E-state index contributed by atoms with van der Waals surface area (Å²) in [6.07, 6.45) is 2.51. The third-order valence-corrected chi connectivity index (χ3v) is 2.92. The highest BCUT2D eigenvalue weighted by Crippen LogP contribution is 2.23. The Morgan fingerprint density at radius 1 is 1.38 bits per heavy atom. The van der Waals surface area contributed by atoms with Crippen LogP contribution < -0.4 is 10.1 Å². The zero-order valence-electron chi connectivity index (χ0n) is 11.4. The zero-order chi connectivity index (χ0) is 14.7. The van der Waals surface area contributed by atoms with Crippen molar-refractivity contribution in [3.05, 3.63) is 29.4 Å². The fourth-order valence-electron chi connectivity index (χ4n) is 1.83. The molecule has 0 aromatic carbocycles. The van der Waals surface area contributed by atoms with Crippen LogP contribution in [0.25, 0.3) is 11.2 Å². The maximum Gasteiger partial charge on any atom is 0.296 e. The van der Waals surface area contributed by atoms with Gasteiger partial charge in [-0.1, -0.05) is 6.92 Å². The smallest absolute Gasteiger partial charge is 0.296 e. The Labute approximate surface area is 125 Å². The number of H-pyrrole nitrogens is 1. The number of furan rings is 1. The summed E-state index contributed by atoms with van der Waals surface area (Å²) >= 11 is 5.92. The van der Waals surface area contributed by atoms with E-state index < -0.39 is 0 Å². The molecule has 2 N–H and O–H groups in total. The first-order chi connectivity index (χ1) is 10.3. The van der Waals surface area contributed by atoms with E-state index in [1.54, 1.807) is 6.26 Å². The van der Waals surface area contributed by atoms with Crippen molar-refractivity contribution in [2.45, 2.75) is 19.9 Å². The average molecular weight is 308 g/mol. The fraction of sp³-hybridized carbons (Fsp3) is 0.308. The van der Waals surface area contributed by atoms with Crippen molar-refractivity contribution >= 4 is 28.6 Å². The third-order valence-electron chi connectivity index (χ3n) is 2.76. The molecule has 3 heterocycles. The van der Waals surface area contributed by atoms with Gasteiger partial charge in [-0.05, 0) is 30.2 Å². The maximum atomic E-state index is 5.92. The number of nitrogens with one attached hydrogen (secondary N) is 2. The molecule has 0 unspecified atom stereocenters. The lowest BCUT2D eigenvalue weighted by Gasteiger charge is -2.04. The Balaban J connectivity index is 1.87. The molecule has 0 saturated carbocycles. The van der Waals surface area contributed by atoms with Gasteiger partial charge in [0.1, 0.15) is 11.3 Å². The van der Waals surface area contributed by atoms with Gasteiger partial charge >= 0.3 is 0 Å². The predicted molar refractivity (Wildman–Crippen MR) is 78.5 cm³/mol. The van der Waals surface area contributed by atoms with Gasteiger partial charge in [-0.25, -0.2) is 0 Å². The number of hydrogen-bond donors (Lipinski definition) is 2. The molecular weight excluding hydrogens is 294 g/mol. The maximum absolute atomic E-state index is 5.92. The van der Waals surface area contributed by atoms with Crippen molar-refractivity contribution in [1.82, 2.24) is 19.9 Å². The van der Waals surface area contributed by atoms with Gasteiger partial charge in [0.05, 0.1) is 19.4 Å². The van der Waals surface area contributed by atoms with E-state index in [9.17, 15) is 0 Å². The van der Waals surface area contributed by atoms with Gasteiger partial charge in [-0.2, -0.15) is 15.0 Å². The molecule has 21 heavy (non-hydrogen) atoms. The monoisotopic (exact) mass is 307 g/mol. The molecule has 0 aliphatic heterocycles. The predicted octanol–water partition coefficient (Wildman–Crippen LogP) is 3.00. The Hall–Kier alpha value is -2.28. The topological polar surface area (TPSA) is 88.9 Å². The highest BCUT2D eigenvalue weighted by Gasteiger charge is 2.13. The van der Waals surface area contributed by atoms with E-state index in [0.29, 0.717) is 36.1 Å². The van der Waals surface area contributed by atoms with Gasteiger partial charge in [0.2, 0.25) is 5.28 Å². The van der Waals surface area contributed by atoms with Crippen LogP contribution in [0.15, 0.2) is 22.8 Å². The van der Waals surface area contributed by atoms with Gasteiger partial charge in [0.15, 0.2) is 11.5 Å². The second-order valence-corrected chi connectivity index (χ2v) is 4.70. The molecule has 0 saturated heterocycles. The molecule has 0 amide bonds. The van der Waals surface area contributed by atoms with E-state index in [2.05, 4.69) is 25.3 Å². The van der Waals surface area contributed by atoms with Crippen LogP contribution in [-0.4, -0.2) is 26.5 Å². The van der Waals surface area contributed by atoms with Gasteiger partial charge in [0.25, 0.3) is 6.01 Å². The van der Waals surface area contributed by atoms with Crippen LogP contribution in [0.5, 0.6) is 6.01 Å². The lowest BCUT2D eigenvalue weighted by molar-refractivity contribution is 0.296. The second-order valence-electron chi connectivity index (χ2n) is 4.36. The minimum absolute atomic E-state index is 0.123. The van der Waals surface area contributed by atoms with E-state index in [1.165, 1.54) is 0 Å². The van der Waals surface area contributed by atoms with Crippen LogP contribution in [0.4, 0.5) is 5.82 Å². The normalized spacial score (nSPS) is 11.0. The largest absolute Gasteiger partial charge is 0.467 e. The minimum atomic E-state index is 0.123. The Kier molecular flexibility index (Phi) is 3.92. The van der Waals surface area contributed by atoms with Gasteiger partial charge in [0, 0.05) is 0 Å². The standard InChI is InChI=1S/C13H14ClN5O2/c1-2-5-21-13-16-9-10(15-7-8-4-3-6-20-8)17-12(14)18-11(9)19-13/h3-4,6H,2,5,7H2,1H3,(H2,15,16,17,18,19). The van der Waals surface area contributed by atoms with Crippen LogP contribution in [0.3, 0.4) is 0 Å². The van der Waals surface area contributed by atoms with E-state index >= 15 is 0 Å². The number of aromatic nitrogens is 4. The summed E-state index contributed by atoms with van der Waals surface area (Å²) in [4.78, 5) is 15.5. The third kappa shape index (κ3) is 3.08. The molecule has 3 aromatic heterocycles. The number of aromatic amines is 1. The van der Waals surface area contributed by atoms with Crippen LogP contribution in [0.2, 0.25) is 5.28 Å². The van der Waals surface area contributed by atoms with Crippen LogP contribution >= 0.6 is 11.6 Å². The second kappa shape index (κ2) is 6.01. The molecule has 0 atom stereocenters. The van der Waals surface area contributed by atoms with Crippen LogP contribution in [0.1, 0.15) is 19.1 Å². The molecule has 0 radical (unpaired) electrons. The lowest BCUT2D eigenvalue weighted by atomic mass is 10.4. The Morgan fingerprint density at radius 2 is 2.29 bits per heavy atom. The summed E-state index contributed by atoms with van der Waals surface area (Å²) in [7, 11) is 0. The highest BCUT2D eigenvalue weighted by atomic mass is 35.5. The van der Waals surface area contributed by atoms with Crippen LogP contribution in [-0.2, 0) is 6.54 Å². The first kappa shape index (κ1) is 13.7. The number of halogens is 1. The van der Waals surface area contributed by atoms with Crippen molar-refractivity contribution in [2.24, 2.45) is 0 Å². The lowest BCUT2D eigenvalue weighted by Crippen LogP contribution is -2.02. The van der Waals surface area contributed by atoms with Crippen molar-refractivity contribution in [1.29, 1.82) is 0 Å². The minimum Gasteiger partial charge on any atom is -0.467 e. The summed E-state index contributed by atoms with van der Waals surface area (Å²) in [5, 5.41) is 3.27. The number of hydrogen-bond acceptors (Lipinski definition) is 6. The van der Waals surface area contributed by atoms with Crippen molar-refractivity contribution < 1.29 is 9.15 Å². The van der Waals surface area contributed by atoms with Crippen LogP contribution in [0, 0.1) is 0 Å². The number of imidazole rings is 1. The first-order valence-corrected chi connectivity index (χ1v) is 6.96.